The summed E-state index contributed by atoms with van der Waals surface area (Å²) in [5.74, 6) is 1.05. The summed E-state index contributed by atoms with van der Waals surface area (Å²) in [5, 5.41) is 2.75. The normalized spacial score (nSPS) is 20.1. The van der Waals surface area contributed by atoms with Gasteiger partial charge in [0.25, 0.3) is 0 Å². The number of rotatable bonds is 3. The van der Waals surface area contributed by atoms with Crippen LogP contribution in [-0.4, -0.2) is 12.0 Å². The maximum absolute atomic E-state index is 11.4. The van der Waals surface area contributed by atoms with Gasteiger partial charge < -0.3 is 15.8 Å². The number of hydrogen-bond acceptors (Lipinski definition) is 3. The molecule has 17 heavy (non-hydrogen) atoms. The van der Waals surface area contributed by atoms with E-state index >= 15 is 0 Å². The van der Waals surface area contributed by atoms with Crippen molar-refractivity contribution < 1.29 is 9.53 Å². The number of hydrogen-bond donors (Lipinski definition) is 2. The molecule has 1 amide bonds. The molecule has 0 spiro atoms. The van der Waals surface area contributed by atoms with Gasteiger partial charge in [-0.15, -0.1) is 0 Å². The Morgan fingerprint density at radius 1 is 1.35 bits per heavy atom. The molecule has 2 unspecified atom stereocenters. The van der Waals surface area contributed by atoms with Crippen molar-refractivity contribution in [2.75, 3.05) is 5.32 Å². The molecular weight excluding hydrogens is 216 g/mol. The van der Waals surface area contributed by atoms with E-state index in [1.54, 1.807) is 0 Å². The predicted octanol–water partition coefficient (Wildman–Crippen LogP) is 2.06. The highest BCUT2D eigenvalue weighted by atomic mass is 16.5. The lowest BCUT2D eigenvalue weighted by molar-refractivity contribution is -0.116. The van der Waals surface area contributed by atoms with Gasteiger partial charge in [0, 0.05) is 17.3 Å². The summed E-state index contributed by atoms with van der Waals surface area (Å²) in [7, 11) is 0. The van der Waals surface area contributed by atoms with Crippen LogP contribution in [0.5, 0.6) is 5.75 Å². The predicted molar refractivity (Wildman–Crippen MR) is 66.9 cm³/mol. The van der Waals surface area contributed by atoms with E-state index in [0.29, 0.717) is 5.92 Å². The van der Waals surface area contributed by atoms with E-state index in [-0.39, 0.29) is 12.0 Å². The Balaban J connectivity index is 2.19. The molecule has 0 saturated carbocycles. The molecule has 0 radical (unpaired) electrons. The van der Waals surface area contributed by atoms with Gasteiger partial charge in [-0.25, -0.2) is 0 Å². The monoisotopic (exact) mass is 234 g/mol. The second-order valence-corrected chi connectivity index (χ2v) is 4.78. The molecule has 1 aromatic carbocycles. The van der Waals surface area contributed by atoms with Crippen molar-refractivity contribution in [3.63, 3.8) is 0 Å². The smallest absolute Gasteiger partial charge is 0.245 e. The first kappa shape index (κ1) is 11.9. The number of fused-ring (bicyclic) bond motifs is 1. The Kier molecular flexibility index (Phi) is 3.07. The van der Waals surface area contributed by atoms with E-state index in [9.17, 15) is 4.79 Å². The number of benzene rings is 1. The highest BCUT2D eigenvalue weighted by Gasteiger charge is 2.27. The van der Waals surface area contributed by atoms with Crippen molar-refractivity contribution in [2.45, 2.75) is 32.9 Å². The minimum Gasteiger partial charge on any atom is -0.490 e. The van der Waals surface area contributed by atoms with Crippen molar-refractivity contribution in [2.24, 2.45) is 11.7 Å². The Morgan fingerprint density at radius 3 is 2.71 bits per heavy atom. The van der Waals surface area contributed by atoms with E-state index in [1.807, 2.05) is 25.1 Å². The fraction of sp³-hybridized carbons (Fsp3) is 0.462. The van der Waals surface area contributed by atoms with E-state index in [0.717, 1.165) is 17.0 Å². The van der Waals surface area contributed by atoms with E-state index < -0.39 is 6.04 Å². The van der Waals surface area contributed by atoms with Gasteiger partial charge in [-0.1, -0.05) is 19.9 Å². The van der Waals surface area contributed by atoms with Crippen molar-refractivity contribution in [3.05, 3.63) is 23.8 Å². The number of nitrogens with one attached hydrogen (secondary N) is 1. The molecule has 3 N–H and O–H groups in total. The van der Waals surface area contributed by atoms with Crippen LogP contribution in [0.4, 0.5) is 5.69 Å². The maximum Gasteiger partial charge on any atom is 0.245 e. The minimum atomic E-state index is -0.554. The molecule has 0 saturated heterocycles. The van der Waals surface area contributed by atoms with Gasteiger partial charge in [0.15, 0.2) is 0 Å². The van der Waals surface area contributed by atoms with Gasteiger partial charge in [-0.2, -0.15) is 0 Å². The standard InChI is InChI=1S/C13H18N2O2/c1-7(2)8(3)17-9-4-5-10-11(6-9)15-13(16)12(10)14/h4-8,12H,14H2,1-3H3,(H,15,16). The molecule has 0 aliphatic carbocycles. The van der Waals surface area contributed by atoms with Crippen molar-refractivity contribution in [1.29, 1.82) is 0 Å². The van der Waals surface area contributed by atoms with Crippen LogP contribution in [0.3, 0.4) is 0 Å². The average molecular weight is 234 g/mol. The third-order valence-corrected chi connectivity index (χ3v) is 3.16. The summed E-state index contributed by atoms with van der Waals surface area (Å²) < 4.78 is 5.78. The first-order valence-electron chi connectivity index (χ1n) is 5.86. The third-order valence-electron chi connectivity index (χ3n) is 3.16. The van der Waals surface area contributed by atoms with Crippen molar-refractivity contribution >= 4 is 11.6 Å². The summed E-state index contributed by atoms with van der Waals surface area (Å²) in [5.41, 5.74) is 7.33. The molecule has 4 heteroatoms. The largest absolute Gasteiger partial charge is 0.490 e. The lowest BCUT2D eigenvalue weighted by Crippen LogP contribution is -2.19. The molecule has 1 aromatic rings. The topological polar surface area (TPSA) is 64.3 Å². The Labute approximate surface area is 101 Å². The minimum absolute atomic E-state index is 0.138. The van der Waals surface area contributed by atoms with Gasteiger partial charge in [0.05, 0.1) is 6.10 Å². The number of amides is 1. The fourth-order valence-corrected chi connectivity index (χ4v) is 1.69. The average Bonchev–Trinajstić information content (AvgIpc) is 2.54. The molecule has 2 rings (SSSR count). The summed E-state index contributed by atoms with van der Waals surface area (Å²) in [6.07, 6.45) is 0.138. The molecule has 0 fully saturated rings. The maximum atomic E-state index is 11.4. The van der Waals surface area contributed by atoms with Crippen LogP contribution in [0.15, 0.2) is 18.2 Å². The van der Waals surface area contributed by atoms with Gasteiger partial charge in [-0.3, -0.25) is 4.79 Å². The highest BCUT2D eigenvalue weighted by molar-refractivity contribution is 6.02. The second-order valence-electron chi connectivity index (χ2n) is 4.78. The fourth-order valence-electron chi connectivity index (χ4n) is 1.69. The van der Waals surface area contributed by atoms with Gasteiger partial charge in [0.2, 0.25) is 5.91 Å². The van der Waals surface area contributed by atoms with Crippen LogP contribution in [0.25, 0.3) is 0 Å². The summed E-state index contributed by atoms with van der Waals surface area (Å²) in [4.78, 5) is 11.4. The molecule has 2 atom stereocenters. The Morgan fingerprint density at radius 2 is 2.06 bits per heavy atom. The van der Waals surface area contributed by atoms with Gasteiger partial charge in [-0.05, 0) is 18.9 Å². The number of ether oxygens (including phenoxy) is 1. The Bertz CT molecular complexity index is 443. The van der Waals surface area contributed by atoms with Crippen LogP contribution in [0.1, 0.15) is 32.4 Å². The molecule has 92 valence electrons. The van der Waals surface area contributed by atoms with Crippen LogP contribution in [0, 0.1) is 5.92 Å². The zero-order chi connectivity index (χ0) is 12.6. The van der Waals surface area contributed by atoms with Crippen LogP contribution in [-0.2, 0) is 4.79 Å². The summed E-state index contributed by atoms with van der Waals surface area (Å²) in [6.45, 7) is 6.24. The first-order chi connectivity index (χ1) is 7.99. The summed E-state index contributed by atoms with van der Waals surface area (Å²) >= 11 is 0. The number of carbonyl (C=O) groups is 1. The van der Waals surface area contributed by atoms with E-state index in [2.05, 4.69) is 19.2 Å². The van der Waals surface area contributed by atoms with Crippen LogP contribution >= 0.6 is 0 Å². The quantitative estimate of drug-likeness (QED) is 0.841. The highest BCUT2D eigenvalue weighted by Crippen LogP contribution is 2.32. The molecule has 1 aliphatic rings. The first-order valence-corrected chi connectivity index (χ1v) is 5.86. The lowest BCUT2D eigenvalue weighted by Gasteiger charge is -2.18. The molecule has 0 aromatic heterocycles. The van der Waals surface area contributed by atoms with Crippen LogP contribution in [0.2, 0.25) is 0 Å². The zero-order valence-corrected chi connectivity index (χ0v) is 10.4. The van der Waals surface area contributed by atoms with Crippen molar-refractivity contribution in [3.8, 4) is 5.75 Å². The lowest BCUT2D eigenvalue weighted by atomic mass is 10.1. The van der Waals surface area contributed by atoms with Gasteiger partial charge >= 0.3 is 0 Å². The van der Waals surface area contributed by atoms with E-state index in [4.69, 9.17) is 10.5 Å². The molecule has 1 heterocycles. The number of carbonyl (C=O) groups excluding carboxylic acids is 1. The van der Waals surface area contributed by atoms with E-state index in [1.165, 1.54) is 0 Å². The zero-order valence-electron chi connectivity index (χ0n) is 10.4. The Hall–Kier alpha value is -1.55. The SMILES string of the molecule is CC(C)C(C)Oc1ccc2c(c1)NC(=O)C2N. The molecule has 4 nitrogen and oxygen atoms in total. The third kappa shape index (κ3) is 2.26. The molecule has 1 aliphatic heterocycles. The number of nitrogens with two attached hydrogens (primary N) is 1. The number of anilines is 1. The summed E-state index contributed by atoms with van der Waals surface area (Å²) in [6, 6.07) is 4.98. The van der Waals surface area contributed by atoms with Crippen molar-refractivity contribution in [1.82, 2.24) is 0 Å². The molecular formula is C13H18N2O2. The molecule has 0 bridgehead atoms. The van der Waals surface area contributed by atoms with Gasteiger partial charge in [0.1, 0.15) is 11.8 Å². The van der Waals surface area contributed by atoms with Crippen LogP contribution < -0.4 is 15.8 Å². The second kappa shape index (κ2) is 4.37.